The number of anilines is 1. The van der Waals surface area contributed by atoms with Crippen molar-refractivity contribution < 1.29 is 17.9 Å². The summed E-state index contributed by atoms with van der Waals surface area (Å²) in [6.07, 6.45) is 2.91. The normalized spacial score (nSPS) is 16.5. The van der Waals surface area contributed by atoms with Crippen LogP contribution in [0, 0.1) is 5.92 Å². The van der Waals surface area contributed by atoms with Gasteiger partial charge in [-0.25, -0.2) is 13.4 Å². The molecule has 0 N–H and O–H groups in total. The number of hydrogen-bond donors (Lipinski definition) is 0. The standard InChI is InChI=1S/C27H28N4O4S2/c1-2-35-22-13-14-24-25(17-22)36-27(29-24)31(19-21-10-6-7-15-28-21)26(32)20-9-8-16-30(18-20)37(33,34)23-11-4-3-5-12-23/h3-7,10-15,17,20H,2,8-9,16,18-19H2,1H3. The number of amides is 1. The molecule has 5 rings (SSSR count). The molecule has 192 valence electrons. The van der Waals surface area contributed by atoms with Crippen molar-refractivity contribution in [3.05, 3.63) is 78.6 Å². The van der Waals surface area contributed by atoms with Crippen molar-refractivity contribution in [2.45, 2.75) is 31.2 Å². The molecular formula is C27H28N4O4S2. The monoisotopic (exact) mass is 536 g/mol. The van der Waals surface area contributed by atoms with Gasteiger partial charge in [0.25, 0.3) is 0 Å². The fourth-order valence-electron chi connectivity index (χ4n) is 4.48. The molecule has 1 aliphatic rings. The van der Waals surface area contributed by atoms with Gasteiger partial charge in [0.15, 0.2) is 5.13 Å². The average molecular weight is 537 g/mol. The van der Waals surface area contributed by atoms with Gasteiger partial charge in [0.2, 0.25) is 15.9 Å². The zero-order valence-electron chi connectivity index (χ0n) is 20.5. The minimum atomic E-state index is -3.69. The summed E-state index contributed by atoms with van der Waals surface area (Å²) < 4.78 is 34.5. The largest absolute Gasteiger partial charge is 0.494 e. The molecule has 1 saturated heterocycles. The molecule has 0 bridgehead atoms. The average Bonchev–Trinajstić information content (AvgIpc) is 3.36. The molecule has 1 atom stereocenters. The van der Waals surface area contributed by atoms with Gasteiger partial charge in [0.05, 0.1) is 39.9 Å². The maximum atomic E-state index is 14.0. The van der Waals surface area contributed by atoms with E-state index in [1.165, 1.54) is 15.6 Å². The topological polar surface area (TPSA) is 92.7 Å². The zero-order valence-corrected chi connectivity index (χ0v) is 22.1. The van der Waals surface area contributed by atoms with Crippen LogP contribution >= 0.6 is 11.3 Å². The first-order chi connectivity index (χ1) is 18.0. The van der Waals surface area contributed by atoms with Crippen LogP contribution in [0.5, 0.6) is 5.75 Å². The Morgan fingerprint density at radius 3 is 2.70 bits per heavy atom. The molecule has 0 saturated carbocycles. The molecule has 0 radical (unpaired) electrons. The molecule has 1 fully saturated rings. The van der Waals surface area contributed by atoms with Crippen molar-refractivity contribution in [3.63, 3.8) is 0 Å². The van der Waals surface area contributed by atoms with Gasteiger partial charge < -0.3 is 4.74 Å². The van der Waals surface area contributed by atoms with Gasteiger partial charge in [-0.2, -0.15) is 4.31 Å². The number of fused-ring (bicyclic) bond motifs is 1. The van der Waals surface area contributed by atoms with Gasteiger partial charge in [-0.1, -0.05) is 35.6 Å². The van der Waals surface area contributed by atoms with Crippen LogP contribution in [-0.2, 0) is 21.4 Å². The van der Waals surface area contributed by atoms with Crippen LogP contribution in [0.25, 0.3) is 10.2 Å². The Labute approximate surface area is 220 Å². The Morgan fingerprint density at radius 1 is 1.14 bits per heavy atom. The second-order valence-corrected chi connectivity index (χ2v) is 11.8. The number of pyridine rings is 1. The number of ether oxygens (including phenoxy) is 1. The number of thiazole rings is 1. The van der Waals surface area contributed by atoms with E-state index >= 15 is 0 Å². The van der Waals surface area contributed by atoms with Crippen LogP contribution < -0.4 is 9.64 Å². The van der Waals surface area contributed by atoms with E-state index in [4.69, 9.17) is 9.72 Å². The van der Waals surface area contributed by atoms with Crippen molar-refractivity contribution in [2.75, 3.05) is 24.6 Å². The van der Waals surface area contributed by atoms with E-state index in [9.17, 15) is 13.2 Å². The van der Waals surface area contributed by atoms with E-state index in [1.54, 1.807) is 41.4 Å². The van der Waals surface area contributed by atoms with Gasteiger partial charge >= 0.3 is 0 Å². The van der Waals surface area contributed by atoms with E-state index in [0.717, 1.165) is 21.7 Å². The molecule has 1 aliphatic heterocycles. The Bertz CT molecular complexity index is 1480. The Kier molecular flexibility index (Phi) is 7.50. The van der Waals surface area contributed by atoms with E-state index < -0.39 is 15.9 Å². The Morgan fingerprint density at radius 2 is 1.95 bits per heavy atom. The maximum absolute atomic E-state index is 14.0. The number of aromatic nitrogens is 2. The van der Waals surface area contributed by atoms with Crippen molar-refractivity contribution in [1.82, 2.24) is 14.3 Å². The maximum Gasteiger partial charge on any atom is 0.243 e. The van der Waals surface area contributed by atoms with E-state index in [1.807, 2.05) is 43.3 Å². The number of piperidine rings is 1. The van der Waals surface area contributed by atoms with Crippen LogP contribution in [0.3, 0.4) is 0 Å². The summed E-state index contributed by atoms with van der Waals surface area (Å²) >= 11 is 1.41. The first-order valence-corrected chi connectivity index (χ1v) is 14.5. The van der Waals surface area contributed by atoms with Crippen LogP contribution in [0.1, 0.15) is 25.5 Å². The van der Waals surface area contributed by atoms with E-state index in [2.05, 4.69) is 4.98 Å². The van der Waals surface area contributed by atoms with E-state index in [0.29, 0.717) is 31.1 Å². The number of benzene rings is 2. The van der Waals surface area contributed by atoms with Crippen LogP contribution in [0.15, 0.2) is 77.8 Å². The second-order valence-electron chi connectivity index (χ2n) is 8.82. The summed E-state index contributed by atoms with van der Waals surface area (Å²) in [7, 11) is -3.69. The summed E-state index contributed by atoms with van der Waals surface area (Å²) in [5.74, 6) is 0.117. The number of nitrogens with zero attached hydrogens (tertiary/aromatic N) is 4. The lowest BCUT2D eigenvalue weighted by Crippen LogP contribution is -2.46. The summed E-state index contributed by atoms with van der Waals surface area (Å²) in [4.78, 5) is 25.0. The highest BCUT2D eigenvalue weighted by Gasteiger charge is 2.36. The van der Waals surface area contributed by atoms with Crippen LogP contribution in [0.4, 0.5) is 5.13 Å². The lowest BCUT2D eigenvalue weighted by Gasteiger charge is -2.33. The van der Waals surface area contributed by atoms with Crippen molar-refractivity contribution in [3.8, 4) is 5.75 Å². The molecular weight excluding hydrogens is 508 g/mol. The zero-order chi connectivity index (χ0) is 25.8. The molecule has 3 heterocycles. The lowest BCUT2D eigenvalue weighted by atomic mass is 9.98. The molecule has 0 aliphatic carbocycles. The molecule has 2 aromatic heterocycles. The van der Waals surface area contributed by atoms with Crippen molar-refractivity contribution in [1.29, 1.82) is 0 Å². The summed E-state index contributed by atoms with van der Waals surface area (Å²) in [6, 6.07) is 19.6. The molecule has 4 aromatic rings. The van der Waals surface area contributed by atoms with E-state index in [-0.39, 0.29) is 23.9 Å². The third-order valence-electron chi connectivity index (χ3n) is 6.32. The van der Waals surface area contributed by atoms with Gasteiger partial charge in [0.1, 0.15) is 5.75 Å². The highest BCUT2D eigenvalue weighted by molar-refractivity contribution is 7.89. The van der Waals surface area contributed by atoms with Gasteiger partial charge in [-0.05, 0) is 62.2 Å². The molecule has 8 nitrogen and oxygen atoms in total. The SMILES string of the molecule is CCOc1ccc2nc(N(Cc3ccccn3)C(=O)C3CCCN(S(=O)(=O)c4ccccc4)C3)sc2c1. The fraction of sp³-hybridized carbons (Fsp3) is 0.296. The minimum Gasteiger partial charge on any atom is -0.494 e. The highest BCUT2D eigenvalue weighted by Crippen LogP contribution is 2.34. The first-order valence-electron chi connectivity index (χ1n) is 12.3. The van der Waals surface area contributed by atoms with Crippen LogP contribution in [0.2, 0.25) is 0 Å². The smallest absolute Gasteiger partial charge is 0.243 e. The Hall–Kier alpha value is -3.34. The number of carbonyl (C=O) groups excluding carboxylic acids is 1. The van der Waals surface area contributed by atoms with Crippen LogP contribution in [-0.4, -0.2) is 48.3 Å². The predicted octanol–water partition coefficient (Wildman–Crippen LogP) is 4.72. The van der Waals surface area contributed by atoms with Gasteiger partial charge in [-0.15, -0.1) is 0 Å². The number of hydrogen-bond acceptors (Lipinski definition) is 7. The molecule has 10 heteroatoms. The fourth-order valence-corrected chi connectivity index (χ4v) is 7.03. The van der Waals surface area contributed by atoms with Crippen molar-refractivity contribution >= 4 is 42.6 Å². The van der Waals surface area contributed by atoms with Crippen molar-refractivity contribution in [2.24, 2.45) is 5.92 Å². The molecule has 1 unspecified atom stereocenters. The number of carbonyl (C=O) groups is 1. The van der Waals surface area contributed by atoms with Gasteiger partial charge in [-0.3, -0.25) is 14.7 Å². The highest BCUT2D eigenvalue weighted by atomic mass is 32.2. The molecule has 2 aromatic carbocycles. The lowest BCUT2D eigenvalue weighted by molar-refractivity contribution is -0.123. The van der Waals surface area contributed by atoms with Gasteiger partial charge in [0, 0.05) is 19.3 Å². The third kappa shape index (κ3) is 5.51. The Balaban J connectivity index is 1.45. The number of sulfonamides is 1. The summed E-state index contributed by atoms with van der Waals surface area (Å²) in [6.45, 7) is 3.27. The first kappa shape index (κ1) is 25.3. The molecule has 37 heavy (non-hydrogen) atoms. The quantitative estimate of drug-likeness (QED) is 0.323. The second kappa shape index (κ2) is 11.0. The summed E-state index contributed by atoms with van der Waals surface area (Å²) in [5, 5.41) is 0.558. The predicted molar refractivity (Wildman–Crippen MR) is 144 cm³/mol. The summed E-state index contributed by atoms with van der Waals surface area (Å²) in [5.41, 5.74) is 1.51. The molecule has 0 spiro atoms. The molecule has 1 amide bonds. The third-order valence-corrected chi connectivity index (χ3v) is 9.24. The number of rotatable bonds is 8. The minimum absolute atomic E-state index is 0.133.